The summed E-state index contributed by atoms with van der Waals surface area (Å²) in [5.41, 5.74) is 3.11. The Kier molecular flexibility index (Phi) is 6.10. The van der Waals surface area contributed by atoms with E-state index >= 15 is 0 Å². The molecule has 0 aromatic heterocycles. The van der Waals surface area contributed by atoms with Crippen LogP contribution in [0.15, 0.2) is 75.7 Å². The van der Waals surface area contributed by atoms with Gasteiger partial charge >= 0.3 is 0 Å². The molecule has 128 valence electrons. The maximum absolute atomic E-state index is 13.0. The first kappa shape index (κ1) is 18.0. The van der Waals surface area contributed by atoms with E-state index < -0.39 is 0 Å². The molecule has 25 heavy (non-hydrogen) atoms. The number of hydrogen-bond acceptors (Lipinski definition) is 2. The fourth-order valence-electron chi connectivity index (χ4n) is 2.35. The Balaban J connectivity index is 1.66. The van der Waals surface area contributed by atoms with Crippen LogP contribution in [-0.4, -0.2) is 0 Å². The third-order valence-corrected chi connectivity index (χ3v) is 4.80. The molecule has 0 amide bonds. The predicted molar refractivity (Wildman–Crippen MR) is 106 cm³/mol. The molecule has 5 heteroatoms. The van der Waals surface area contributed by atoms with Crippen molar-refractivity contribution in [3.63, 3.8) is 0 Å². The molecule has 2 nitrogen and oxygen atoms in total. The molecule has 0 atom stereocenters. The topological polar surface area (TPSA) is 21.3 Å². The summed E-state index contributed by atoms with van der Waals surface area (Å²) in [5, 5.41) is 3.38. The number of halogens is 3. The van der Waals surface area contributed by atoms with Gasteiger partial charge < -0.3 is 10.1 Å². The first-order valence-corrected chi connectivity index (χ1v) is 9.34. The van der Waals surface area contributed by atoms with Gasteiger partial charge in [-0.25, -0.2) is 4.39 Å². The predicted octanol–water partition coefficient (Wildman–Crippen LogP) is 6.54. The van der Waals surface area contributed by atoms with Crippen LogP contribution in [0.5, 0.6) is 5.75 Å². The Morgan fingerprint density at radius 3 is 2.12 bits per heavy atom. The highest BCUT2D eigenvalue weighted by Gasteiger charge is 2.10. The Morgan fingerprint density at radius 1 is 0.840 bits per heavy atom. The fourth-order valence-corrected chi connectivity index (χ4v) is 3.86. The molecule has 0 fully saturated rings. The maximum atomic E-state index is 13.0. The van der Waals surface area contributed by atoms with E-state index in [0.717, 1.165) is 31.5 Å². The van der Waals surface area contributed by atoms with E-state index in [-0.39, 0.29) is 5.82 Å². The second kappa shape index (κ2) is 8.50. The summed E-state index contributed by atoms with van der Waals surface area (Å²) in [5.74, 6) is 0.481. The number of benzene rings is 3. The van der Waals surface area contributed by atoms with Crippen molar-refractivity contribution >= 4 is 37.5 Å². The molecule has 0 radical (unpaired) electrons. The molecule has 0 saturated heterocycles. The largest absolute Gasteiger partial charge is 0.487 e. The number of hydrogen-bond donors (Lipinski definition) is 1. The molecule has 3 rings (SSSR count). The van der Waals surface area contributed by atoms with Crippen molar-refractivity contribution in [2.24, 2.45) is 0 Å². The summed E-state index contributed by atoms with van der Waals surface area (Å²) in [7, 11) is 0. The summed E-state index contributed by atoms with van der Waals surface area (Å²) in [6.07, 6.45) is 0. The number of anilines is 1. The van der Waals surface area contributed by atoms with Gasteiger partial charge in [-0.05, 0) is 79.4 Å². The summed E-state index contributed by atoms with van der Waals surface area (Å²) in [6, 6.07) is 20.4. The van der Waals surface area contributed by atoms with Gasteiger partial charge in [-0.3, -0.25) is 0 Å². The zero-order valence-electron chi connectivity index (χ0n) is 13.3. The minimum absolute atomic E-state index is 0.249. The van der Waals surface area contributed by atoms with E-state index in [9.17, 15) is 4.39 Å². The normalized spacial score (nSPS) is 10.5. The second-order valence-corrected chi connectivity index (χ2v) is 7.23. The quantitative estimate of drug-likeness (QED) is 0.447. The van der Waals surface area contributed by atoms with Crippen LogP contribution in [-0.2, 0) is 13.2 Å². The molecular weight excluding hydrogens is 449 g/mol. The monoisotopic (exact) mass is 463 g/mol. The van der Waals surface area contributed by atoms with Crippen LogP contribution in [0.2, 0.25) is 0 Å². The van der Waals surface area contributed by atoms with Crippen molar-refractivity contribution in [3.05, 3.63) is 92.6 Å². The third-order valence-electron chi connectivity index (χ3n) is 3.62. The van der Waals surface area contributed by atoms with Crippen LogP contribution < -0.4 is 10.1 Å². The highest BCUT2D eigenvalue weighted by molar-refractivity contribution is 9.11. The van der Waals surface area contributed by atoms with Gasteiger partial charge in [0.15, 0.2) is 0 Å². The zero-order valence-corrected chi connectivity index (χ0v) is 16.5. The SMILES string of the molecule is Fc1ccc(COc2c(Br)cc(CNc3ccccc3)cc2Br)cc1. The molecular formula is C20H16Br2FNO. The second-order valence-electron chi connectivity index (χ2n) is 5.52. The van der Waals surface area contributed by atoms with Gasteiger partial charge in [-0.15, -0.1) is 0 Å². The van der Waals surface area contributed by atoms with Crippen molar-refractivity contribution in [2.75, 3.05) is 5.32 Å². The smallest absolute Gasteiger partial charge is 0.148 e. The van der Waals surface area contributed by atoms with E-state index in [1.165, 1.54) is 12.1 Å². The lowest BCUT2D eigenvalue weighted by atomic mass is 10.2. The van der Waals surface area contributed by atoms with Crippen molar-refractivity contribution in [2.45, 2.75) is 13.2 Å². The molecule has 0 spiro atoms. The minimum atomic E-state index is -0.249. The lowest BCUT2D eigenvalue weighted by Crippen LogP contribution is -2.01. The number of rotatable bonds is 6. The number of para-hydroxylation sites is 1. The van der Waals surface area contributed by atoms with Crippen LogP contribution in [0.25, 0.3) is 0 Å². The lowest BCUT2D eigenvalue weighted by molar-refractivity contribution is 0.302. The van der Waals surface area contributed by atoms with Gasteiger partial charge in [-0.2, -0.15) is 0 Å². The standard InChI is InChI=1S/C20H16Br2FNO/c21-18-10-15(12-24-17-4-2-1-3-5-17)11-19(22)20(18)25-13-14-6-8-16(23)9-7-14/h1-11,24H,12-13H2. The van der Waals surface area contributed by atoms with Crippen molar-refractivity contribution in [3.8, 4) is 5.75 Å². The summed E-state index contributed by atoms with van der Waals surface area (Å²) >= 11 is 7.13. The number of nitrogens with one attached hydrogen (secondary N) is 1. The molecule has 0 heterocycles. The zero-order chi connectivity index (χ0) is 17.6. The Bertz CT molecular complexity index is 815. The van der Waals surface area contributed by atoms with Gasteiger partial charge in [-0.1, -0.05) is 30.3 Å². The van der Waals surface area contributed by atoms with Crippen LogP contribution in [0.4, 0.5) is 10.1 Å². The molecule has 0 unspecified atom stereocenters. The Labute approximate surface area is 163 Å². The Hall–Kier alpha value is -1.85. The molecule has 0 aliphatic heterocycles. The van der Waals surface area contributed by atoms with Gasteiger partial charge in [0.2, 0.25) is 0 Å². The minimum Gasteiger partial charge on any atom is -0.487 e. The van der Waals surface area contributed by atoms with E-state index in [1.807, 2.05) is 42.5 Å². The maximum Gasteiger partial charge on any atom is 0.148 e. The van der Waals surface area contributed by atoms with Gasteiger partial charge in [0.05, 0.1) is 8.95 Å². The van der Waals surface area contributed by atoms with Gasteiger partial charge in [0, 0.05) is 12.2 Å². The fraction of sp³-hybridized carbons (Fsp3) is 0.100. The van der Waals surface area contributed by atoms with Crippen molar-refractivity contribution in [1.29, 1.82) is 0 Å². The molecule has 0 aliphatic carbocycles. The third kappa shape index (κ3) is 5.06. The van der Waals surface area contributed by atoms with E-state index in [2.05, 4.69) is 37.2 Å². The lowest BCUT2D eigenvalue weighted by Gasteiger charge is -2.13. The van der Waals surface area contributed by atoms with Gasteiger partial charge in [0.25, 0.3) is 0 Å². The summed E-state index contributed by atoms with van der Waals surface area (Å²) < 4.78 is 20.6. The average molecular weight is 465 g/mol. The molecule has 3 aromatic carbocycles. The van der Waals surface area contributed by atoms with E-state index in [4.69, 9.17) is 4.74 Å². The number of ether oxygens (including phenoxy) is 1. The summed E-state index contributed by atoms with van der Waals surface area (Å²) in [4.78, 5) is 0. The van der Waals surface area contributed by atoms with E-state index in [0.29, 0.717) is 13.2 Å². The van der Waals surface area contributed by atoms with Crippen molar-refractivity contribution < 1.29 is 9.13 Å². The Morgan fingerprint density at radius 2 is 1.48 bits per heavy atom. The summed E-state index contributed by atoms with van der Waals surface area (Å²) in [6.45, 7) is 1.08. The van der Waals surface area contributed by atoms with Crippen LogP contribution >= 0.6 is 31.9 Å². The van der Waals surface area contributed by atoms with E-state index in [1.54, 1.807) is 12.1 Å². The molecule has 0 bridgehead atoms. The van der Waals surface area contributed by atoms with Crippen molar-refractivity contribution in [1.82, 2.24) is 0 Å². The molecule has 0 saturated carbocycles. The first-order chi connectivity index (χ1) is 12.1. The first-order valence-electron chi connectivity index (χ1n) is 7.76. The van der Waals surface area contributed by atoms with Crippen LogP contribution in [0.1, 0.15) is 11.1 Å². The molecule has 0 aliphatic rings. The van der Waals surface area contributed by atoms with Gasteiger partial charge in [0.1, 0.15) is 18.2 Å². The van der Waals surface area contributed by atoms with Crippen LogP contribution in [0, 0.1) is 5.82 Å². The highest BCUT2D eigenvalue weighted by atomic mass is 79.9. The molecule has 3 aromatic rings. The van der Waals surface area contributed by atoms with Crippen LogP contribution in [0.3, 0.4) is 0 Å². The molecule has 1 N–H and O–H groups in total. The average Bonchev–Trinajstić information content (AvgIpc) is 2.62. The highest BCUT2D eigenvalue weighted by Crippen LogP contribution is 2.35.